The van der Waals surface area contributed by atoms with Gasteiger partial charge in [0.25, 0.3) is 0 Å². The van der Waals surface area contributed by atoms with Crippen LogP contribution in [0.15, 0.2) is 6.07 Å². The van der Waals surface area contributed by atoms with Gasteiger partial charge in [-0.15, -0.1) is 0 Å². The van der Waals surface area contributed by atoms with Gasteiger partial charge in [-0.25, -0.2) is 0 Å². The van der Waals surface area contributed by atoms with Gasteiger partial charge >= 0.3 is 0 Å². The molecule has 80 valence electrons. The predicted molar refractivity (Wildman–Crippen MR) is 56.0 cm³/mol. The molecule has 1 aromatic heterocycles. The summed E-state index contributed by atoms with van der Waals surface area (Å²) in [7, 11) is 1.91. The molecule has 0 bridgehead atoms. The van der Waals surface area contributed by atoms with Crippen LogP contribution >= 0.6 is 0 Å². The summed E-state index contributed by atoms with van der Waals surface area (Å²) in [6, 6.07) is 2.04. The quantitative estimate of drug-likeness (QED) is 0.710. The third kappa shape index (κ3) is 2.82. The highest BCUT2D eigenvalue weighted by molar-refractivity contribution is 5.11. The van der Waals surface area contributed by atoms with Crippen molar-refractivity contribution in [3.63, 3.8) is 0 Å². The summed E-state index contributed by atoms with van der Waals surface area (Å²) in [6.45, 7) is 2.60. The number of nitrogens with zero attached hydrogens (tertiary/aromatic N) is 2. The average Bonchev–Trinajstić information content (AvgIpc) is 2.48. The first-order valence-corrected chi connectivity index (χ1v) is 5.07. The Morgan fingerprint density at radius 3 is 2.86 bits per heavy atom. The van der Waals surface area contributed by atoms with E-state index in [4.69, 9.17) is 5.73 Å². The normalized spacial score (nSPS) is 13.1. The fraction of sp³-hybridized carbons (Fsp3) is 0.700. The molecule has 1 unspecified atom stereocenters. The van der Waals surface area contributed by atoms with Crippen LogP contribution in [0.5, 0.6) is 0 Å². The molecule has 3 N–H and O–H groups in total. The first kappa shape index (κ1) is 11.2. The first-order valence-electron chi connectivity index (χ1n) is 5.07. The Balaban J connectivity index is 2.61. The van der Waals surface area contributed by atoms with Crippen LogP contribution in [-0.2, 0) is 19.9 Å². The van der Waals surface area contributed by atoms with Crippen LogP contribution in [0.25, 0.3) is 0 Å². The Hall–Kier alpha value is -0.870. The number of rotatable bonds is 5. The van der Waals surface area contributed by atoms with Crippen molar-refractivity contribution < 1.29 is 5.11 Å². The van der Waals surface area contributed by atoms with Crippen LogP contribution in [0.3, 0.4) is 0 Å². The van der Waals surface area contributed by atoms with Crippen molar-refractivity contribution in [2.45, 2.75) is 32.3 Å². The molecule has 0 saturated heterocycles. The van der Waals surface area contributed by atoms with Gasteiger partial charge in [-0.05, 0) is 25.5 Å². The molecule has 0 aliphatic rings. The number of hydrogen-bond donors (Lipinski definition) is 2. The number of aliphatic hydroxyl groups excluding tert-OH is 1. The highest BCUT2D eigenvalue weighted by atomic mass is 16.3. The maximum atomic E-state index is 9.59. The molecule has 0 aliphatic heterocycles. The Kier molecular flexibility index (Phi) is 4.10. The van der Waals surface area contributed by atoms with E-state index in [1.807, 2.05) is 17.8 Å². The standard InChI is InChI=1S/C10H19N3O/c1-3-8-6-9(13(2)12-8)7-10(14)4-5-11/h6,10,14H,3-5,7,11H2,1-2H3. The molecular formula is C10H19N3O. The van der Waals surface area contributed by atoms with Crippen molar-refractivity contribution in [2.75, 3.05) is 6.54 Å². The number of hydrogen-bond acceptors (Lipinski definition) is 3. The van der Waals surface area contributed by atoms with Gasteiger partial charge in [0, 0.05) is 19.2 Å². The molecule has 4 nitrogen and oxygen atoms in total. The monoisotopic (exact) mass is 197 g/mol. The van der Waals surface area contributed by atoms with Crippen molar-refractivity contribution in [1.29, 1.82) is 0 Å². The molecule has 0 aliphatic carbocycles. The Labute approximate surface area is 84.7 Å². The van der Waals surface area contributed by atoms with Gasteiger partial charge in [0.15, 0.2) is 0 Å². The molecule has 4 heteroatoms. The minimum absolute atomic E-state index is 0.347. The van der Waals surface area contributed by atoms with Crippen molar-refractivity contribution >= 4 is 0 Å². The fourth-order valence-corrected chi connectivity index (χ4v) is 1.47. The lowest BCUT2D eigenvalue weighted by Gasteiger charge is -2.08. The smallest absolute Gasteiger partial charge is 0.0624 e. The molecular weight excluding hydrogens is 178 g/mol. The molecule has 0 radical (unpaired) electrons. The lowest BCUT2D eigenvalue weighted by atomic mass is 10.1. The van der Waals surface area contributed by atoms with E-state index >= 15 is 0 Å². The van der Waals surface area contributed by atoms with Crippen LogP contribution in [0.4, 0.5) is 0 Å². The van der Waals surface area contributed by atoms with Gasteiger partial charge in [-0.1, -0.05) is 6.92 Å². The van der Waals surface area contributed by atoms with Gasteiger partial charge in [0.2, 0.25) is 0 Å². The molecule has 14 heavy (non-hydrogen) atoms. The molecule has 1 aromatic rings. The summed E-state index contributed by atoms with van der Waals surface area (Å²) in [5.41, 5.74) is 7.51. The van der Waals surface area contributed by atoms with Crippen LogP contribution in [-0.4, -0.2) is 27.5 Å². The number of aromatic nitrogens is 2. The molecule has 1 rings (SSSR count). The summed E-state index contributed by atoms with van der Waals surface area (Å²) >= 11 is 0. The SMILES string of the molecule is CCc1cc(CC(O)CCN)n(C)n1. The summed E-state index contributed by atoms with van der Waals surface area (Å²) in [4.78, 5) is 0. The molecule has 0 aromatic carbocycles. The van der Waals surface area contributed by atoms with Crippen LogP contribution in [0.1, 0.15) is 24.7 Å². The lowest BCUT2D eigenvalue weighted by Crippen LogP contribution is -2.17. The predicted octanol–water partition coefficient (Wildman–Crippen LogP) is 0.235. The second-order valence-corrected chi connectivity index (χ2v) is 3.54. The molecule has 0 spiro atoms. The highest BCUT2D eigenvalue weighted by Crippen LogP contribution is 2.08. The largest absolute Gasteiger partial charge is 0.393 e. The molecule has 1 atom stereocenters. The van der Waals surface area contributed by atoms with E-state index in [0.717, 1.165) is 17.8 Å². The van der Waals surface area contributed by atoms with E-state index < -0.39 is 0 Å². The Morgan fingerprint density at radius 1 is 1.64 bits per heavy atom. The third-order valence-electron chi connectivity index (χ3n) is 2.33. The minimum atomic E-state index is -0.347. The number of nitrogens with two attached hydrogens (primary N) is 1. The minimum Gasteiger partial charge on any atom is -0.393 e. The first-order chi connectivity index (χ1) is 6.67. The van der Waals surface area contributed by atoms with Crippen LogP contribution < -0.4 is 5.73 Å². The van der Waals surface area contributed by atoms with E-state index in [9.17, 15) is 5.11 Å². The zero-order valence-electron chi connectivity index (χ0n) is 8.90. The zero-order valence-corrected chi connectivity index (χ0v) is 8.90. The Bertz CT molecular complexity index is 283. The van der Waals surface area contributed by atoms with Gasteiger partial charge in [-0.3, -0.25) is 4.68 Å². The third-order valence-corrected chi connectivity index (χ3v) is 2.33. The molecule has 0 fully saturated rings. The maximum Gasteiger partial charge on any atom is 0.0624 e. The second kappa shape index (κ2) is 5.12. The van der Waals surface area contributed by atoms with Crippen molar-refractivity contribution in [3.05, 3.63) is 17.5 Å². The zero-order chi connectivity index (χ0) is 10.6. The molecule has 0 saturated carbocycles. The molecule has 1 heterocycles. The fourth-order valence-electron chi connectivity index (χ4n) is 1.47. The van der Waals surface area contributed by atoms with Crippen molar-refractivity contribution in [1.82, 2.24) is 9.78 Å². The van der Waals surface area contributed by atoms with E-state index in [-0.39, 0.29) is 6.10 Å². The summed E-state index contributed by atoms with van der Waals surface area (Å²) in [6.07, 6.45) is 1.87. The summed E-state index contributed by atoms with van der Waals surface area (Å²) < 4.78 is 1.83. The van der Waals surface area contributed by atoms with Gasteiger partial charge in [0.05, 0.1) is 11.8 Å². The van der Waals surface area contributed by atoms with E-state index in [1.165, 1.54) is 0 Å². The summed E-state index contributed by atoms with van der Waals surface area (Å²) in [5.74, 6) is 0. The van der Waals surface area contributed by atoms with E-state index in [0.29, 0.717) is 19.4 Å². The van der Waals surface area contributed by atoms with Gasteiger partial charge in [-0.2, -0.15) is 5.10 Å². The van der Waals surface area contributed by atoms with Crippen molar-refractivity contribution in [2.24, 2.45) is 12.8 Å². The topological polar surface area (TPSA) is 64.1 Å². The van der Waals surface area contributed by atoms with Gasteiger partial charge in [0.1, 0.15) is 0 Å². The van der Waals surface area contributed by atoms with Crippen LogP contribution in [0.2, 0.25) is 0 Å². The Morgan fingerprint density at radius 2 is 2.36 bits per heavy atom. The molecule has 0 amide bonds. The van der Waals surface area contributed by atoms with Crippen LogP contribution in [0, 0.1) is 0 Å². The maximum absolute atomic E-state index is 9.59. The number of aryl methyl sites for hydroxylation is 2. The highest BCUT2D eigenvalue weighted by Gasteiger charge is 2.09. The van der Waals surface area contributed by atoms with Gasteiger partial charge < -0.3 is 10.8 Å². The van der Waals surface area contributed by atoms with E-state index in [2.05, 4.69) is 12.0 Å². The van der Waals surface area contributed by atoms with E-state index in [1.54, 1.807) is 0 Å². The lowest BCUT2D eigenvalue weighted by molar-refractivity contribution is 0.165. The number of aliphatic hydroxyl groups is 1. The van der Waals surface area contributed by atoms with Crippen molar-refractivity contribution in [3.8, 4) is 0 Å². The average molecular weight is 197 g/mol. The second-order valence-electron chi connectivity index (χ2n) is 3.54. The summed E-state index contributed by atoms with van der Waals surface area (Å²) in [5, 5.41) is 13.9.